The van der Waals surface area contributed by atoms with Crippen molar-refractivity contribution in [2.45, 2.75) is 19.3 Å². The summed E-state index contributed by atoms with van der Waals surface area (Å²) in [6.45, 7) is 0. The molecule has 3 rings (SSSR count). The molecule has 1 aliphatic carbocycles. The maximum absolute atomic E-state index is 11.2. The van der Waals surface area contributed by atoms with Gasteiger partial charge in [-0.3, -0.25) is 4.79 Å². The minimum absolute atomic E-state index is 0.535. The van der Waals surface area contributed by atoms with Crippen LogP contribution in [0.1, 0.15) is 17.8 Å². The first kappa shape index (κ1) is 12.8. The minimum Gasteiger partial charge on any atom is -0.481 e. The Morgan fingerprint density at radius 1 is 1.47 bits per heavy atom. The second kappa shape index (κ2) is 4.72. The van der Waals surface area contributed by atoms with Crippen molar-refractivity contribution in [1.29, 1.82) is 0 Å². The smallest absolute Gasteiger partial charge is 0.310 e. The number of aromatic nitrogens is 1. The van der Waals surface area contributed by atoms with Crippen LogP contribution >= 0.6 is 27.3 Å². The third kappa shape index (κ3) is 2.58. The molecule has 0 radical (unpaired) electrons. The fourth-order valence-electron chi connectivity index (χ4n) is 2.08. The molecule has 0 atom stereocenters. The number of benzene rings is 1. The fraction of sp³-hybridized carbons (Fsp3) is 0.286. The average Bonchev–Trinajstić information content (AvgIpc) is 3.00. The maximum Gasteiger partial charge on any atom is 0.310 e. The molecule has 19 heavy (non-hydrogen) atoms. The topological polar surface area (TPSA) is 50.2 Å². The number of thiazole rings is 1. The van der Waals surface area contributed by atoms with Crippen molar-refractivity contribution in [2.24, 2.45) is 5.41 Å². The highest BCUT2D eigenvalue weighted by Crippen LogP contribution is 2.49. The van der Waals surface area contributed by atoms with Crippen LogP contribution in [0, 0.1) is 5.41 Å². The molecule has 98 valence electrons. The number of halogens is 1. The van der Waals surface area contributed by atoms with Gasteiger partial charge in [-0.1, -0.05) is 28.1 Å². The number of hydrogen-bond acceptors (Lipinski definition) is 3. The van der Waals surface area contributed by atoms with E-state index in [1.807, 2.05) is 29.6 Å². The van der Waals surface area contributed by atoms with Gasteiger partial charge in [0, 0.05) is 21.8 Å². The Morgan fingerprint density at radius 2 is 2.26 bits per heavy atom. The second-order valence-corrected chi connectivity index (χ2v) is 6.76. The molecule has 0 spiro atoms. The van der Waals surface area contributed by atoms with Crippen molar-refractivity contribution in [3.8, 4) is 11.3 Å². The van der Waals surface area contributed by atoms with E-state index in [1.54, 1.807) is 11.3 Å². The largest absolute Gasteiger partial charge is 0.481 e. The SMILES string of the molecule is O=C(O)C1(Cc2nc(-c3cccc(Br)c3)cs2)CC1. The Kier molecular flexibility index (Phi) is 3.19. The van der Waals surface area contributed by atoms with Gasteiger partial charge >= 0.3 is 5.97 Å². The summed E-state index contributed by atoms with van der Waals surface area (Å²) in [6, 6.07) is 7.97. The van der Waals surface area contributed by atoms with E-state index >= 15 is 0 Å². The van der Waals surface area contributed by atoms with Gasteiger partial charge in [-0.2, -0.15) is 0 Å². The molecule has 0 saturated heterocycles. The molecule has 0 bridgehead atoms. The summed E-state index contributed by atoms with van der Waals surface area (Å²) >= 11 is 4.99. The third-order valence-electron chi connectivity index (χ3n) is 3.47. The lowest BCUT2D eigenvalue weighted by atomic mass is 10.0. The van der Waals surface area contributed by atoms with E-state index in [2.05, 4.69) is 20.9 Å². The monoisotopic (exact) mass is 337 g/mol. The average molecular weight is 338 g/mol. The van der Waals surface area contributed by atoms with Crippen LogP contribution < -0.4 is 0 Å². The standard InChI is InChI=1S/C14H12BrNO2S/c15-10-3-1-2-9(6-10)11-8-19-12(16-11)7-14(4-5-14)13(17)18/h1-3,6,8H,4-5,7H2,(H,17,18). The molecule has 1 aliphatic rings. The summed E-state index contributed by atoms with van der Waals surface area (Å²) in [4.78, 5) is 15.7. The molecule has 1 aromatic heterocycles. The summed E-state index contributed by atoms with van der Waals surface area (Å²) < 4.78 is 1.02. The van der Waals surface area contributed by atoms with E-state index in [9.17, 15) is 9.90 Å². The number of rotatable bonds is 4. The lowest BCUT2D eigenvalue weighted by molar-refractivity contribution is -0.143. The van der Waals surface area contributed by atoms with E-state index in [0.717, 1.165) is 33.6 Å². The first-order valence-electron chi connectivity index (χ1n) is 6.03. The highest BCUT2D eigenvalue weighted by Gasteiger charge is 2.50. The Balaban J connectivity index is 1.82. The van der Waals surface area contributed by atoms with Crippen LogP contribution in [0.15, 0.2) is 34.1 Å². The van der Waals surface area contributed by atoms with Gasteiger partial charge in [-0.25, -0.2) is 4.98 Å². The molecular weight excluding hydrogens is 326 g/mol. The summed E-state index contributed by atoms with van der Waals surface area (Å²) in [5.41, 5.74) is 1.44. The van der Waals surface area contributed by atoms with Crippen molar-refractivity contribution in [1.82, 2.24) is 4.98 Å². The first-order chi connectivity index (χ1) is 9.09. The van der Waals surface area contributed by atoms with Crippen molar-refractivity contribution < 1.29 is 9.90 Å². The van der Waals surface area contributed by atoms with E-state index in [0.29, 0.717) is 6.42 Å². The molecule has 1 heterocycles. The zero-order valence-corrected chi connectivity index (χ0v) is 12.5. The van der Waals surface area contributed by atoms with E-state index in [4.69, 9.17) is 0 Å². The van der Waals surface area contributed by atoms with Crippen LogP contribution in [0.25, 0.3) is 11.3 Å². The summed E-state index contributed by atoms with van der Waals surface area (Å²) in [6.07, 6.45) is 2.10. The zero-order chi connectivity index (χ0) is 13.5. The number of hydrogen-bond donors (Lipinski definition) is 1. The Labute approximate surface area is 123 Å². The van der Waals surface area contributed by atoms with Crippen LogP contribution in [0.5, 0.6) is 0 Å². The van der Waals surface area contributed by atoms with Crippen LogP contribution in [-0.4, -0.2) is 16.1 Å². The highest BCUT2D eigenvalue weighted by atomic mass is 79.9. The predicted molar refractivity (Wildman–Crippen MR) is 78.3 cm³/mol. The van der Waals surface area contributed by atoms with Crippen molar-refractivity contribution in [3.05, 3.63) is 39.1 Å². The Hall–Kier alpha value is -1.20. The fourth-order valence-corrected chi connectivity index (χ4v) is 3.43. The van der Waals surface area contributed by atoms with Gasteiger partial charge in [0.25, 0.3) is 0 Å². The summed E-state index contributed by atoms with van der Waals surface area (Å²) in [5.74, 6) is -0.688. The molecule has 1 saturated carbocycles. The maximum atomic E-state index is 11.2. The van der Waals surface area contributed by atoms with E-state index in [1.165, 1.54) is 0 Å². The molecule has 3 nitrogen and oxygen atoms in total. The summed E-state index contributed by atoms with van der Waals surface area (Å²) in [7, 11) is 0. The molecule has 1 fully saturated rings. The van der Waals surface area contributed by atoms with Gasteiger partial charge in [0.1, 0.15) is 0 Å². The van der Waals surface area contributed by atoms with Crippen LogP contribution in [0.3, 0.4) is 0 Å². The second-order valence-electron chi connectivity index (χ2n) is 4.90. The Bertz CT molecular complexity index is 634. The van der Waals surface area contributed by atoms with E-state index in [-0.39, 0.29) is 0 Å². The quantitative estimate of drug-likeness (QED) is 0.917. The molecular formula is C14H12BrNO2S. The zero-order valence-electron chi connectivity index (χ0n) is 10.1. The molecule has 1 N–H and O–H groups in total. The molecule has 0 amide bonds. The van der Waals surface area contributed by atoms with Gasteiger partial charge in [0.05, 0.1) is 16.1 Å². The van der Waals surface area contributed by atoms with Gasteiger partial charge in [-0.15, -0.1) is 11.3 Å². The lowest BCUT2D eigenvalue weighted by Crippen LogP contribution is -2.17. The van der Waals surface area contributed by atoms with Crippen molar-refractivity contribution in [3.63, 3.8) is 0 Å². The van der Waals surface area contributed by atoms with Crippen LogP contribution in [0.4, 0.5) is 0 Å². The number of aliphatic carboxylic acids is 1. The van der Waals surface area contributed by atoms with Gasteiger partial charge in [0.2, 0.25) is 0 Å². The lowest BCUT2D eigenvalue weighted by Gasteiger charge is -2.05. The van der Waals surface area contributed by atoms with Crippen molar-refractivity contribution in [2.75, 3.05) is 0 Å². The van der Waals surface area contributed by atoms with Gasteiger partial charge < -0.3 is 5.11 Å². The molecule has 2 aromatic rings. The minimum atomic E-state index is -0.688. The van der Waals surface area contributed by atoms with Crippen molar-refractivity contribution >= 4 is 33.2 Å². The Morgan fingerprint density at radius 3 is 2.89 bits per heavy atom. The normalized spacial score (nSPS) is 16.3. The molecule has 5 heteroatoms. The number of carbonyl (C=O) groups is 1. The van der Waals surface area contributed by atoms with Crippen LogP contribution in [-0.2, 0) is 11.2 Å². The van der Waals surface area contributed by atoms with Gasteiger partial charge in [0.15, 0.2) is 0 Å². The third-order valence-corrected chi connectivity index (χ3v) is 4.81. The molecule has 1 aromatic carbocycles. The highest BCUT2D eigenvalue weighted by molar-refractivity contribution is 9.10. The molecule has 0 aliphatic heterocycles. The number of nitrogens with zero attached hydrogens (tertiary/aromatic N) is 1. The van der Waals surface area contributed by atoms with E-state index < -0.39 is 11.4 Å². The number of carboxylic acids is 1. The van der Waals surface area contributed by atoms with Crippen LogP contribution in [0.2, 0.25) is 0 Å². The predicted octanol–water partition coefficient (Wildman–Crippen LogP) is 3.98. The summed E-state index contributed by atoms with van der Waals surface area (Å²) in [5, 5.41) is 12.1. The first-order valence-corrected chi connectivity index (χ1v) is 7.70. The van der Waals surface area contributed by atoms with Gasteiger partial charge in [-0.05, 0) is 25.0 Å². The molecule has 0 unspecified atom stereocenters. The number of carboxylic acid groups (broad SMARTS) is 1.